The average Bonchev–Trinajstić information content (AvgIpc) is 3.47. The van der Waals surface area contributed by atoms with Gasteiger partial charge in [-0.1, -0.05) is 133 Å². The van der Waals surface area contributed by atoms with Crippen molar-refractivity contribution < 1.29 is 0 Å². The van der Waals surface area contributed by atoms with Crippen LogP contribution in [0.5, 0.6) is 0 Å². The molecule has 0 aliphatic heterocycles. The van der Waals surface area contributed by atoms with Crippen molar-refractivity contribution >= 4 is 32.6 Å². The van der Waals surface area contributed by atoms with Crippen LogP contribution in [0.25, 0.3) is 66.0 Å². The summed E-state index contributed by atoms with van der Waals surface area (Å²) >= 11 is 0. The summed E-state index contributed by atoms with van der Waals surface area (Å²) in [5, 5.41) is 4.67. The molecule has 1 aliphatic carbocycles. The molecule has 0 bridgehead atoms. The van der Waals surface area contributed by atoms with Gasteiger partial charge in [-0.15, -0.1) is 0 Å². The van der Waals surface area contributed by atoms with Crippen LogP contribution in [0.1, 0.15) is 22.3 Å². The van der Waals surface area contributed by atoms with E-state index in [4.69, 9.17) is 4.98 Å². The molecule has 0 amide bonds. The smallest absolute Gasteiger partial charge is 0.0788 e. The second kappa shape index (κ2) is 10.8. The Morgan fingerprint density at radius 3 is 1.76 bits per heavy atom. The predicted molar refractivity (Wildman–Crippen MR) is 203 cm³/mol. The SMILES string of the molecule is c1ccc(C2(c3ccccc3)c3cc(-c4cccnc4)ccc3-c3ccc(-c4cc5cc6ccccc6nc5c5ccccc45)cc32)cc1. The molecule has 1 aliphatic rings. The summed E-state index contributed by atoms with van der Waals surface area (Å²) in [4.78, 5) is 9.61. The van der Waals surface area contributed by atoms with Crippen molar-refractivity contribution in [1.82, 2.24) is 9.97 Å². The summed E-state index contributed by atoms with van der Waals surface area (Å²) in [6.07, 6.45) is 3.79. The molecule has 2 heterocycles. The zero-order chi connectivity index (χ0) is 32.4. The van der Waals surface area contributed by atoms with Crippen molar-refractivity contribution in [3.8, 4) is 33.4 Å². The Morgan fingerprint density at radius 2 is 1.04 bits per heavy atom. The summed E-state index contributed by atoms with van der Waals surface area (Å²) in [5.41, 5.74) is 13.8. The second-order valence-electron chi connectivity index (χ2n) is 13.0. The maximum absolute atomic E-state index is 5.16. The number of hydrogen-bond acceptors (Lipinski definition) is 2. The molecule has 9 aromatic rings. The van der Waals surface area contributed by atoms with E-state index in [1.54, 1.807) is 0 Å². The average molecular weight is 623 g/mol. The Hall–Kier alpha value is -6.38. The van der Waals surface area contributed by atoms with Crippen molar-refractivity contribution in [3.05, 3.63) is 205 Å². The molecule has 0 radical (unpaired) electrons. The van der Waals surface area contributed by atoms with Gasteiger partial charge in [-0.05, 0) is 97.4 Å². The van der Waals surface area contributed by atoms with E-state index in [-0.39, 0.29) is 0 Å². The highest BCUT2D eigenvalue weighted by molar-refractivity contribution is 6.14. The Labute approximate surface area is 285 Å². The molecule has 7 aromatic carbocycles. The molecule has 49 heavy (non-hydrogen) atoms. The highest BCUT2D eigenvalue weighted by Crippen LogP contribution is 2.57. The predicted octanol–water partition coefficient (Wildman–Crippen LogP) is 11.6. The fraction of sp³-hybridized carbons (Fsp3) is 0.0213. The highest BCUT2D eigenvalue weighted by Gasteiger charge is 2.46. The van der Waals surface area contributed by atoms with Crippen molar-refractivity contribution in [2.75, 3.05) is 0 Å². The van der Waals surface area contributed by atoms with E-state index in [9.17, 15) is 0 Å². The lowest BCUT2D eigenvalue weighted by atomic mass is 9.67. The molecule has 0 spiro atoms. The molecule has 0 atom stereocenters. The maximum Gasteiger partial charge on any atom is 0.0788 e. The third kappa shape index (κ3) is 4.14. The van der Waals surface area contributed by atoms with Crippen molar-refractivity contribution in [2.24, 2.45) is 0 Å². The van der Waals surface area contributed by atoms with E-state index < -0.39 is 5.41 Å². The third-order valence-electron chi connectivity index (χ3n) is 10.4. The lowest BCUT2D eigenvalue weighted by Gasteiger charge is -2.34. The van der Waals surface area contributed by atoms with Gasteiger partial charge in [-0.3, -0.25) is 4.98 Å². The molecule has 2 aromatic heterocycles. The molecule has 2 heteroatoms. The van der Waals surface area contributed by atoms with Gasteiger partial charge in [-0.2, -0.15) is 0 Å². The fourth-order valence-electron chi connectivity index (χ4n) is 8.22. The molecule has 0 saturated carbocycles. The summed E-state index contributed by atoms with van der Waals surface area (Å²) in [6, 6.07) is 62.0. The fourth-order valence-corrected chi connectivity index (χ4v) is 8.22. The Kier molecular flexibility index (Phi) is 6.13. The van der Waals surface area contributed by atoms with Gasteiger partial charge in [0.2, 0.25) is 0 Å². The first-order valence-corrected chi connectivity index (χ1v) is 16.8. The number of aromatic nitrogens is 2. The standard InChI is InChI=1S/C47H30N2/c1-3-14-36(15-4-1)47(37-16-5-2-6-17-37)43-28-31(34-13-11-25-48-30-34)21-23-39(43)40-24-22-32(29-44(40)47)42-27-35-26-33-12-7-10-20-45(33)49-46(35)41-19-9-8-18-38(41)42/h1-30H. The first-order valence-electron chi connectivity index (χ1n) is 16.8. The van der Waals surface area contributed by atoms with Gasteiger partial charge < -0.3 is 0 Å². The van der Waals surface area contributed by atoms with E-state index in [2.05, 4.69) is 169 Å². The lowest BCUT2D eigenvalue weighted by Crippen LogP contribution is -2.28. The largest absolute Gasteiger partial charge is 0.264 e. The van der Waals surface area contributed by atoms with Crippen LogP contribution < -0.4 is 0 Å². The van der Waals surface area contributed by atoms with Crippen LogP contribution in [-0.4, -0.2) is 9.97 Å². The third-order valence-corrected chi connectivity index (χ3v) is 10.4. The number of rotatable bonds is 4. The van der Waals surface area contributed by atoms with Crippen LogP contribution in [-0.2, 0) is 5.41 Å². The number of benzene rings is 7. The number of nitrogens with zero attached hydrogens (tertiary/aromatic N) is 2. The number of hydrogen-bond donors (Lipinski definition) is 0. The summed E-state index contributed by atoms with van der Waals surface area (Å²) in [7, 11) is 0. The van der Waals surface area contributed by atoms with Crippen LogP contribution in [0.3, 0.4) is 0 Å². The normalized spacial score (nSPS) is 13.1. The maximum atomic E-state index is 5.16. The van der Waals surface area contributed by atoms with Gasteiger partial charge in [0, 0.05) is 28.6 Å². The van der Waals surface area contributed by atoms with Gasteiger partial charge in [-0.25, -0.2) is 4.98 Å². The zero-order valence-corrected chi connectivity index (χ0v) is 26.7. The molecular weight excluding hydrogens is 593 g/mol. The van der Waals surface area contributed by atoms with Gasteiger partial charge in [0.25, 0.3) is 0 Å². The van der Waals surface area contributed by atoms with Crippen LogP contribution in [0, 0.1) is 0 Å². The van der Waals surface area contributed by atoms with E-state index in [1.807, 2.05) is 18.5 Å². The minimum atomic E-state index is -0.522. The zero-order valence-electron chi connectivity index (χ0n) is 26.7. The van der Waals surface area contributed by atoms with Crippen LogP contribution >= 0.6 is 0 Å². The molecule has 228 valence electrons. The molecule has 0 N–H and O–H groups in total. The Bertz CT molecular complexity index is 2660. The van der Waals surface area contributed by atoms with Crippen LogP contribution in [0.15, 0.2) is 182 Å². The highest BCUT2D eigenvalue weighted by atomic mass is 14.7. The van der Waals surface area contributed by atoms with Crippen LogP contribution in [0.4, 0.5) is 0 Å². The summed E-state index contributed by atoms with van der Waals surface area (Å²) in [5.74, 6) is 0. The molecule has 2 nitrogen and oxygen atoms in total. The van der Waals surface area contributed by atoms with Gasteiger partial charge >= 0.3 is 0 Å². The molecule has 0 unspecified atom stereocenters. The van der Waals surface area contributed by atoms with Gasteiger partial charge in [0.15, 0.2) is 0 Å². The van der Waals surface area contributed by atoms with Gasteiger partial charge in [0.1, 0.15) is 0 Å². The Balaban J connectivity index is 1.29. The summed E-state index contributed by atoms with van der Waals surface area (Å²) in [6.45, 7) is 0. The first kappa shape index (κ1) is 27.7. The van der Waals surface area contributed by atoms with E-state index >= 15 is 0 Å². The first-order chi connectivity index (χ1) is 24.3. The number of para-hydroxylation sites is 1. The van der Waals surface area contributed by atoms with Crippen LogP contribution in [0.2, 0.25) is 0 Å². The lowest BCUT2D eigenvalue weighted by molar-refractivity contribution is 0.769. The minimum absolute atomic E-state index is 0.522. The number of pyridine rings is 2. The van der Waals surface area contributed by atoms with E-state index in [1.165, 1.54) is 55.3 Å². The van der Waals surface area contributed by atoms with Crippen molar-refractivity contribution in [1.29, 1.82) is 0 Å². The quantitative estimate of drug-likeness (QED) is 0.144. The molecule has 10 rings (SSSR count). The topological polar surface area (TPSA) is 25.8 Å². The minimum Gasteiger partial charge on any atom is -0.264 e. The van der Waals surface area contributed by atoms with Gasteiger partial charge in [0.05, 0.1) is 16.4 Å². The Morgan fingerprint density at radius 1 is 0.408 bits per heavy atom. The molecular formula is C47H30N2. The van der Waals surface area contributed by atoms with E-state index in [0.29, 0.717) is 0 Å². The molecule has 0 saturated heterocycles. The number of fused-ring (bicyclic) bond motifs is 7. The summed E-state index contributed by atoms with van der Waals surface area (Å²) < 4.78 is 0. The van der Waals surface area contributed by atoms with Crippen molar-refractivity contribution in [3.63, 3.8) is 0 Å². The molecule has 0 fully saturated rings. The van der Waals surface area contributed by atoms with Crippen molar-refractivity contribution in [2.45, 2.75) is 5.41 Å². The monoisotopic (exact) mass is 622 g/mol. The van der Waals surface area contributed by atoms with E-state index in [0.717, 1.165) is 32.9 Å². The second-order valence-corrected chi connectivity index (χ2v) is 13.0.